The first-order valence-corrected chi connectivity index (χ1v) is 9.94. The Morgan fingerprint density at radius 3 is 2.26 bits per heavy atom. The maximum Gasteiger partial charge on any atom is 0.276 e. The normalized spacial score (nSPS) is 11.3. The van der Waals surface area contributed by atoms with Crippen LogP contribution < -0.4 is 16.0 Å². The number of benzene rings is 2. The van der Waals surface area contributed by atoms with Crippen LogP contribution >= 0.6 is 0 Å². The number of methoxy groups -OCH3 is 1. The zero-order chi connectivity index (χ0) is 20.4. The highest BCUT2D eigenvalue weighted by Crippen LogP contribution is 2.36. The summed E-state index contributed by atoms with van der Waals surface area (Å²) in [5, 5.41) is 9.22. The Hall–Kier alpha value is -2.58. The Kier molecular flexibility index (Phi) is 6.12. The van der Waals surface area contributed by atoms with E-state index in [4.69, 9.17) is 10.5 Å². The third-order valence-corrected chi connectivity index (χ3v) is 6.54. The van der Waals surface area contributed by atoms with Gasteiger partial charge in [0.05, 0.1) is 22.5 Å². The first kappa shape index (κ1) is 20.7. The number of ether oxygens (including phenoxy) is 1. The van der Waals surface area contributed by atoms with Gasteiger partial charge in [0, 0.05) is 5.69 Å². The van der Waals surface area contributed by atoms with Crippen LogP contribution in [0.25, 0.3) is 0 Å². The molecule has 146 valence electrons. The van der Waals surface area contributed by atoms with Crippen molar-refractivity contribution in [2.75, 3.05) is 12.8 Å². The number of carbonyl (C=O) groups is 1. The Bertz CT molecular complexity index is 967. The number of nitrogen functional groups attached to an aromatic ring is 1. The number of sulfone groups is 1. The van der Waals surface area contributed by atoms with Crippen LogP contribution in [0.3, 0.4) is 0 Å². The van der Waals surface area contributed by atoms with Gasteiger partial charge < -0.3 is 10.5 Å². The molecular weight excluding hydrogens is 368 g/mol. The molecule has 2 rings (SSSR count). The third kappa shape index (κ3) is 3.63. The van der Waals surface area contributed by atoms with E-state index in [2.05, 4.69) is 0 Å². The van der Waals surface area contributed by atoms with E-state index in [9.17, 15) is 18.4 Å². The molecule has 8 heteroatoms. The van der Waals surface area contributed by atoms with Crippen LogP contribution in [-0.2, 0) is 16.3 Å². The number of nitrogens with one attached hydrogen (secondary N) is 1. The van der Waals surface area contributed by atoms with Crippen LogP contribution in [0.1, 0.15) is 40.4 Å². The quantitative estimate of drug-likeness (QED) is 0.395. The predicted molar refractivity (Wildman–Crippen MR) is 102 cm³/mol. The monoisotopic (exact) mass is 392 g/mol. The summed E-state index contributed by atoms with van der Waals surface area (Å²) in [5.74, 6) is -0.370. The van der Waals surface area contributed by atoms with E-state index in [1.807, 2.05) is 6.92 Å². The predicted octanol–water partition coefficient (Wildman–Crippen LogP) is 2.80. The summed E-state index contributed by atoms with van der Waals surface area (Å²) in [5.41, 5.74) is 9.42. The Balaban J connectivity index is 2.89. The number of rotatable bonds is 6. The largest absolute Gasteiger partial charge is 0.497 e. The first-order chi connectivity index (χ1) is 12.7. The second-order valence-corrected chi connectivity index (χ2v) is 8.10. The number of nitrogens with two attached hydrogens (primary N) is 1. The summed E-state index contributed by atoms with van der Waals surface area (Å²) >= 11 is 0. The van der Waals surface area contributed by atoms with Gasteiger partial charge in [-0.2, -0.15) is 0 Å². The second kappa shape index (κ2) is 7.98. The van der Waals surface area contributed by atoms with Gasteiger partial charge >= 0.3 is 0 Å². The van der Waals surface area contributed by atoms with Gasteiger partial charge in [-0.3, -0.25) is 10.0 Å². The Morgan fingerprint density at radius 2 is 1.78 bits per heavy atom. The molecule has 0 radical (unpaired) electrons. The zero-order valence-corrected chi connectivity index (χ0v) is 16.6. The molecule has 0 saturated heterocycles. The highest BCUT2D eigenvalue weighted by Gasteiger charge is 2.31. The van der Waals surface area contributed by atoms with E-state index in [0.29, 0.717) is 35.4 Å². The van der Waals surface area contributed by atoms with Crippen LogP contribution in [0.5, 0.6) is 5.75 Å². The number of hydrogen-bond acceptors (Lipinski definition) is 6. The van der Waals surface area contributed by atoms with E-state index in [-0.39, 0.29) is 20.9 Å². The van der Waals surface area contributed by atoms with Gasteiger partial charge in [0.2, 0.25) is 9.84 Å². The maximum atomic E-state index is 13.4. The lowest BCUT2D eigenvalue weighted by atomic mass is 9.93. The average molecular weight is 392 g/mol. The molecule has 0 spiro atoms. The molecule has 0 aliphatic rings. The standard InChI is InChI=1S/C19H24N2O5S/c1-5-6-15-11(2)17(20)12(3)18(16(15)19(22)21-23)27(24,25)14-9-7-13(26-4)8-10-14/h7-10,23H,5-6,20H2,1-4H3,(H,21,22). The Morgan fingerprint density at radius 1 is 1.19 bits per heavy atom. The molecular formula is C19H24N2O5S. The van der Waals surface area contributed by atoms with Crippen LogP contribution in [0.15, 0.2) is 34.1 Å². The molecule has 0 aliphatic carbocycles. The topological polar surface area (TPSA) is 119 Å². The summed E-state index contributed by atoms with van der Waals surface area (Å²) in [7, 11) is -2.59. The second-order valence-electron chi connectivity index (χ2n) is 6.22. The lowest BCUT2D eigenvalue weighted by Crippen LogP contribution is -2.25. The molecule has 27 heavy (non-hydrogen) atoms. The van der Waals surface area contributed by atoms with Crippen molar-refractivity contribution in [1.82, 2.24) is 5.48 Å². The van der Waals surface area contributed by atoms with Crippen molar-refractivity contribution in [3.8, 4) is 5.75 Å². The van der Waals surface area contributed by atoms with Crippen molar-refractivity contribution < 1.29 is 23.2 Å². The van der Waals surface area contributed by atoms with E-state index in [0.717, 1.165) is 0 Å². The summed E-state index contributed by atoms with van der Waals surface area (Å²) in [6, 6.07) is 5.87. The van der Waals surface area contributed by atoms with E-state index >= 15 is 0 Å². The highest BCUT2D eigenvalue weighted by atomic mass is 32.2. The van der Waals surface area contributed by atoms with Crippen molar-refractivity contribution in [1.29, 1.82) is 0 Å². The number of hydroxylamine groups is 1. The Labute approximate surface area is 159 Å². The molecule has 0 aliphatic heterocycles. The van der Waals surface area contributed by atoms with Gasteiger partial charge in [-0.05, 0) is 61.2 Å². The number of amides is 1. The van der Waals surface area contributed by atoms with Crippen molar-refractivity contribution >= 4 is 21.4 Å². The summed E-state index contributed by atoms with van der Waals surface area (Å²) in [6.07, 6.45) is 1.13. The van der Waals surface area contributed by atoms with E-state index in [1.165, 1.54) is 31.4 Å². The van der Waals surface area contributed by atoms with Crippen LogP contribution in [-0.4, -0.2) is 26.6 Å². The molecule has 0 atom stereocenters. The summed E-state index contributed by atoms with van der Waals surface area (Å²) < 4.78 is 31.8. The number of anilines is 1. The summed E-state index contributed by atoms with van der Waals surface area (Å²) in [4.78, 5) is 12.3. The SMILES string of the molecule is CCCc1c(C)c(N)c(C)c(S(=O)(=O)c2ccc(OC)cc2)c1C(=O)NO. The number of hydrogen-bond donors (Lipinski definition) is 3. The van der Waals surface area contributed by atoms with E-state index in [1.54, 1.807) is 19.3 Å². The van der Waals surface area contributed by atoms with Gasteiger partial charge in [0.25, 0.3) is 5.91 Å². The minimum absolute atomic E-state index is 0.00379. The average Bonchev–Trinajstić information content (AvgIpc) is 2.67. The van der Waals surface area contributed by atoms with E-state index < -0.39 is 15.7 Å². The third-order valence-electron chi connectivity index (χ3n) is 4.60. The molecule has 1 amide bonds. The maximum absolute atomic E-state index is 13.4. The van der Waals surface area contributed by atoms with Gasteiger partial charge in [-0.1, -0.05) is 13.3 Å². The molecule has 2 aromatic carbocycles. The van der Waals surface area contributed by atoms with Crippen molar-refractivity contribution in [3.63, 3.8) is 0 Å². The molecule has 0 heterocycles. The van der Waals surface area contributed by atoms with Gasteiger partial charge in [0.15, 0.2) is 0 Å². The molecule has 7 nitrogen and oxygen atoms in total. The van der Waals surface area contributed by atoms with Gasteiger partial charge in [0.1, 0.15) is 5.75 Å². The number of carbonyl (C=O) groups excluding carboxylic acids is 1. The molecule has 0 aromatic heterocycles. The minimum Gasteiger partial charge on any atom is -0.497 e. The molecule has 0 fully saturated rings. The lowest BCUT2D eigenvalue weighted by molar-refractivity contribution is 0.0701. The van der Waals surface area contributed by atoms with Crippen molar-refractivity contribution in [2.45, 2.75) is 43.4 Å². The van der Waals surface area contributed by atoms with Gasteiger partial charge in [-0.25, -0.2) is 13.9 Å². The summed E-state index contributed by atoms with van der Waals surface area (Å²) in [6.45, 7) is 5.21. The molecule has 4 N–H and O–H groups in total. The fourth-order valence-corrected chi connectivity index (χ4v) is 4.87. The molecule has 0 bridgehead atoms. The van der Waals surface area contributed by atoms with Crippen LogP contribution in [0.2, 0.25) is 0 Å². The fraction of sp³-hybridized carbons (Fsp3) is 0.316. The molecule has 2 aromatic rings. The minimum atomic E-state index is -4.07. The van der Waals surface area contributed by atoms with Crippen molar-refractivity contribution in [2.24, 2.45) is 0 Å². The zero-order valence-electron chi connectivity index (χ0n) is 15.8. The molecule has 0 unspecified atom stereocenters. The van der Waals surface area contributed by atoms with Crippen LogP contribution in [0, 0.1) is 13.8 Å². The van der Waals surface area contributed by atoms with Gasteiger partial charge in [-0.15, -0.1) is 0 Å². The van der Waals surface area contributed by atoms with Crippen LogP contribution in [0.4, 0.5) is 5.69 Å². The lowest BCUT2D eigenvalue weighted by Gasteiger charge is -2.21. The molecule has 0 saturated carbocycles. The van der Waals surface area contributed by atoms with Crippen molar-refractivity contribution in [3.05, 3.63) is 46.5 Å². The highest BCUT2D eigenvalue weighted by molar-refractivity contribution is 7.91. The first-order valence-electron chi connectivity index (χ1n) is 8.45. The smallest absolute Gasteiger partial charge is 0.276 e. The fourth-order valence-electron chi connectivity index (χ4n) is 3.15.